The Kier molecular flexibility index (Phi) is 5.84. The third-order valence-electron chi connectivity index (χ3n) is 2.34. The minimum Gasteiger partial charge on any atom is -0.350 e. The molecular formula is C13H18N2O4S. The maximum atomic E-state index is 11.7. The van der Waals surface area contributed by atoms with Crippen molar-refractivity contribution in [1.82, 2.24) is 10.3 Å². The second kappa shape index (κ2) is 7.16. The number of pyridine rings is 1. The van der Waals surface area contributed by atoms with Gasteiger partial charge in [0.1, 0.15) is 5.69 Å². The highest BCUT2D eigenvalue weighted by molar-refractivity contribution is 7.85. The van der Waals surface area contributed by atoms with Crippen molar-refractivity contribution in [3.8, 4) is 0 Å². The van der Waals surface area contributed by atoms with E-state index in [4.69, 9.17) is 4.55 Å². The molecule has 0 spiro atoms. The van der Waals surface area contributed by atoms with Crippen LogP contribution < -0.4 is 5.32 Å². The molecule has 0 saturated heterocycles. The molecule has 6 nitrogen and oxygen atoms in total. The van der Waals surface area contributed by atoms with Crippen molar-refractivity contribution in [2.75, 3.05) is 12.3 Å². The van der Waals surface area contributed by atoms with E-state index in [1.165, 1.54) is 6.20 Å². The van der Waals surface area contributed by atoms with E-state index in [0.717, 1.165) is 5.56 Å². The van der Waals surface area contributed by atoms with Gasteiger partial charge in [0.15, 0.2) is 0 Å². The fourth-order valence-corrected chi connectivity index (χ4v) is 1.72. The molecule has 0 aromatic carbocycles. The Labute approximate surface area is 118 Å². The van der Waals surface area contributed by atoms with E-state index in [1.54, 1.807) is 12.1 Å². The number of nitrogens with one attached hydrogen (secondary N) is 1. The van der Waals surface area contributed by atoms with Gasteiger partial charge in [0, 0.05) is 12.7 Å². The standard InChI is InChI=1S/C13H18N2O4S/c1-10(2)3-4-11-5-6-14-12(9-11)13(16)15-7-8-20(17,18)19/h3-6,9-10H,7-8H2,1-2H3,(H,15,16)(H,17,18,19)/b4-3+. The number of hydrogen-bond acceptors (Lipinski definition) is 4. The summed E-state index contributed by atoms with van der Waals surface area (Å²) in [5.41, 5.74) is 1.04. The molecule has 1 amide bonds. The van der Waals surface area contributed by atoms with E-state index in [2.05, 4.69) is 10.3 Å². The molecule has 0 aliphatic heterocycles. The third-order valence-corrected chi connectivity index (χ3v) is 3.06. The quantitative estimate of drug-likeness (QED) is 0.773. The van der Waals surface area contributed by atoms with Crippen LogP contribution in [-0.4, -0.2) is 36.2 Å². The summed E-state index contributed by atoms with van der Waals surface area (Å²) in [4.78, 5) is 15.7. The van der Waals surface area contributed by atoms with Gasteiger partial charge in [0.25, 0.3) is 16.0 Å². The van der Waals surface area contributed by atoms with E-state index in [1.807, 2.05) is 26.0 Å². The molecule has 110 valence electrons. The first-order valence-electron chi connectivity index (χ1n) is 6.15. The fraction of sp³-hybridized carbons (Fsp3) is 0.385. The molecule has 20 heavy (non-hydrogen) atoms. The summed E-state index contributed by atoms with van der Waals surface area (Å²) in [5.74, 6) is -0.602. The van der Waals surface area contributed by atoms with Crippen molar-refractivity contribution in [2.45, 2.75) is 13.8 Å². The summed E-state index contributed by atoms with van der Waals surface area (Å²) in [6.45, 7) is 3.92. The lowest BCUT2D eigenvalue weighted by Crippen LogP contribution is -2.29. The van der Waals surface area contributed by atoms with E-state index < -0.39 is 21.8 Å². The van der Waals surface area contributed by atoms with Crippen LogP contribution in [0.3, 0.4) is 0 Å². The van der Waals surface area contributed by atoms with Gasteiger partial charge >= 0.3 is 0 Å². The van der Waals surface area contributed by atoms with Gasteiger partial charge < -0.3 is 5.32 Å². The van der Waals surface area contributed by atoms with Crippen LogP contribution in [-0.2, 0) is 10.1 Å². The molecule has 0 bridgehead atoms. The zero-order valence-corrected chi connectivity index (χ0v) is 12.2. The predicted octanol–water partition coefficient (Wildman–Crippen LogP) is 1.37. The number of allylic oxidation sites excluding steroid dienone is 1. The van der Waals surface area contributed by atoms with Crippen molar-refractivity contribution in [3.63, 3.8) is 0 Å². The zero-order valence-electron chi connectivity index (χ0n) is 11.4. The molecule has 1 aromatic heterocycles. The van der Waals surface area contributed by atoms with Crippen molar-refractivity contribution >= 4 is 22.1 Å². The highest BCUT2D eigenvalue weighted by Gasteiger charge is 2.09. The Balaban J connectivity index is 2.67. The topological polar surface area (TPSA) is 96.4 Å². The molecule has 1 aromatic rings. The molecule has 7 heteroatoms. The first-order chi connectivity index (χ1) is 9.28. The second-order valence-corrected chi connectivity index (χ2v) is 6.19. The summed E-state index contributed by atoms with van der Waals surface area (Å²) >= 11 is 0. The van der Waals surface area contributed by atoms with Gasteiger partial charge in [-0.1, -0.05) is 26.0 Å². The van der Waals surface area contributed by atoms with Crippen molar-refractivity contribution in [2.24, 2.45) is 5.92 Å². The number of hydrogen-bond donors (Lipinski definition) is 2. The van der Waals surface area contributed by atoms with Gasteiger partial charge in [0.2, 0.25) is 0 Å². The van der Waals surface area contributed by atoms with Crippen LogP contribution in [0.5, 0.6) is 0 Å². The number of carbonyl (C=O) groups is 1. The first-order valence-corrected chi connectivity index (χ1v) is 7.76. The Bertz CT molecular complexity index is 594. The molecule has 2 N–H and O–H groups in total. The summed E-state index contributed by atoms with van der Waals surface area (Å²) < 4.78 is 29.6. The van der Waals surface area contributed by atoms with Crippen molar-refractivity contribution < 1.29 is 17.8 Å². The largest absolute Gasteiger partial charge is 0.350 e. The predicted molar refractivity (Wildman–Crippen MR) is 76.9 cm³/mol. The minimum absolute atomic E-state index is 0.161. The van der Waals surface area contributed by atoms with Gasteiger partial charge in [-0.05, 0) is 23.6 Å². The summed E-state index contributed by atoms with van der Waals surface area (Å²) in [7, 11) is -4.07. The van der Waals surface area contributed by atoms with Gasteiger partial charge in [-0.15, -0.1) is 0 Å². The van der Waals surface area contributed by atoms with Gasteiger partial charge in [0.05, 0.1) is 5.75 Å². The van der Waals surface area contributed by atoms with Gasteiger partial charge in [-0.2, -0.15) is 8.42 Å². The maximum Gasteiger partial charge on any atom is 0.269 e. The molecular weight excluding hydrogens is 280 g/mol. The van der Waals surface area contributed by atoms with Gasteiger partial charge in [-0.3, -0.25) is 14.3 Å². The van der Waals surface area contributed by atoms with Crippen molar-refractivity contribution in [1.29, 1.82) is 0 Å². The average molecular weight is 298 g/mol. The monoisotopic (exact) mass is 298 g/mol. The van der Waals surface area contributed by atoms with E-state index in [9.17, 15) is 13.2 Å². The molecule has 0 aliphatic rings. The molecule has 0 aliphatic carbocycles. The highest BCUT2D eigenvalue weighted by Crippen LogP contribution is 2.06. The lowest BCUT2D eigenvalue weighted by molar-refractivity contribution is 0.0951. The third kappa shape index (κ3) is 6.44. The molecule has 1 rings (SSSR count). The molecule has 0 fully saturated rings. The molecule has 0 atom stereocenters. The van der Waals surface area contributed by atoms with E-state index in [0.29, 0.717) is 5.92 Å². The Morgan fingerprint density at radius 2 is 2.20 bits per heavy atom. The number of carbonyl (C=O) groups excluding carboxylic acids is 1. The van der Waals surface area contributed by atoms with Crippen LogP contribution in [0.2, 0.25) is 0 Å². The molecule has 0 radical (unpaired) electrons. The number of nitrogens with zero attached hydrogens (tertiary/aromatic N) is 1. The second-order valence-electron chi connectivity index (χ2n) is 4.62. The lowest BCUT2D eigenvalue weighted by Gasteiger charge is -2.04. The summed E-state index contributed by atoms with van der Waals surface area (Å²) in [6.07, 6.45) is 5.40. The first kappa shape index (κ1) is 16.3. The van der Waals surface area contributed by atoms with E-state index >= 15 is 0 Å². The average Bonchev–Trinajstić information content (AvgIpc) is 2.35. The normalized spacial score (nSPS) is 12.0. The SMILES string of the molecule is CC(C)/C=C/c1ccnc(C(=O)NCCS(=O)(=O)O)c1. The van der Waals surface area contributed by atoms with Crippen LogP contribution in [0.1, 0.15) is 29.9 Å². The van der Waals surface area contributed by atoms with Crippen LogP contribution in [0.25, 0.3) is 6.08 Å². The maximum absolute atomic E-state index is 11.7. The number of aromatic nitrogens is 1. The number of rotatable bonds is 6. The van der Waals surface area contributed by atoms with E-state index in [-0.39, 0.29) is 12.2 Å². The van der Waals surface area contributed by atoms with Crippen molar-refractivity contribution in [3.05, 3.63) is 35.7 Å². The Morgan fingerprint density at radius 1 is 1.50 bits per heavy atom. The lowest BCUT2D eigenvalue weighted by atomic mass is 10.1. The van der Waals surface area contributed by atoms with Crippen LogP contribution in [0, 0.1) is 5.92 Å². The molecule has 0 unspecified atom stereocenters. The smallest absolute Gasteiger partial charge is 0.269 e. The molecule has 0 saturated carbocycles. The highest BCUT2D eigenvalue weighted by atomic mass is 32.2. The molecule has 1 heterocycles. The fourth-order valence-electron chi connectivity index (χ4n) is 1.36. The van der Waals surface area contributed by atoms with Crippen LogP contribution in [0.15, 0.2) is 24.4 Å². The van der Waals surface area contributed by atoms with Gasteiger partial charge in [-0.25, -0.2) is 0 Å². The minimum atomic E-state index is -4.07. The Morgan fingerprint density at radius 3 is 2.80 bits per heavy atom. The number of amides is 1. The summed E-state index contributed by atoms with van der Waals surface area (Å²) in [6, 6.07) is 3.38. The summed E-state index contributed by atoms with van der Waals surface area (Å²) in [5, 5.41) is 2.38. The van der Waals surface area contributed by atoms with Crippen LogP contribution in [0.4, 0.5) is 0 Å². The van der Waals surface area contributed by atoms with Crippen LogP contribution >= 0.6 is 0 Å². The Hall–Kier alpha value is -1.73. The zero-order chi connectivity index (χ0) is 15.2.